The standard InChI is InChI=1S/C20H38N4O6.H2/c1-28-18(25)4-7-21-8-11-23-13-16-24(17-14-23)15-12-22(9-5-19(26)29-2)10-6-20(27)30-3;/h21H,4-17H2,1-3H3;1H. The summed E-state index contributed by atoms with van der Waals surface area (Å²) in [5.74, 6) is -0.679. The molecule has 0 spiro atoms. The van der Waals surface area contributed by atoms with Gasteiger partial charge in [0.25, 0.3) is 0 Å². The van der Waals surface area contributed by atoms with Crippen LogP contribution >= 0.6 is 0 Å². The van der Waals surface area contributed by atoms with E-state index in [1.807, 2.05) is 0 Å². The van der Waals surface area contributed by atoms with Crippen molar-refractivity contribution < 1.29 is 30.0 Å². The first-order valence-electron chi connectivity index (χ1n) is 10.6. The molecule has 176 valence electrons. The minimum atomic E-state index is -0.244. The highest BCUT2D eigenvalue weighted by molar-refractivity contribution is 5.70. The van der Waals surface area contributed by atoms with Crippen LogP contribution in [0.5, 0.6) is 0 Å². The maximum atomic E-state index is 11.4. The molecule has 0 aliphatic carbocycles. The average Bonchev–Trinajstić information content (AvgIpc) is 2.78. The maximum Gasteiger partial charge on any atom is 0.306 e. The largest absolute Gasteiger partial charge is 0.469 e. The lowest BCUT2D eigenvalue weighted by Gasteiger charge is -2.35. The monoisotopic (exact) mass is 432 g/mol. The quantitative estimate of drug-likeness (QED) is 0.206. The van der Waals surface area contributed by atoms with Crippen molar-refractivity contribution in [1.29, 1.82) is 0 Å². The summed E-state index contributed by atoms with van der Waals surface area (Å²) >= 11 is 0. The number of esters is 3. The zero-order chi connectivity index (χ0) is 22.2. The zero-order valence-electron chi connectivity index (χ0n) is 18.7. The van der Waals surface area contributed by atoms with Crippen LogP contribution in [0.4, 0.5) is 0 Å². The lowest BCUT2D eigenvalue weighted by Crippen LogP contribution is -2.50. The molecule has 0 saturated carbocycles. The fourth-order valence-electron chi connectivity index (χ4n) is 3.21. The summed E-state index contributed by atoms with van der Waals surface area (Å²) in [6.45, 7) is 9.27. The Morgan fingerprint density at radius 3 is 1.70 bits per heavy atom. The second-order valence-corrected chi connectivity index (χ2v) is 7.25. The smallest absolute Gasteiger partial charge is 0.306 e. The first-order valence-corrected chi connectivity index (χ1v) is 10.6. The van der Waals surface area contributed by atoms with E-state index in [9.17, 15) is 14.4 Å². The Hall–Kier alpha value is -1.75. The molecule has 1 aliphatic heterocycles. The highest BCUT2D eigenvalue weighted by Gasteiger charge is 2.18. The molecule has 0 amide bonds. The lowest BCUT2D eigenvalue weighted by atomic mass is 10.3. The van der Waals surface area contributed by atoms with Gasteiger partial charge >= 0.3 is 17.9 Å². The number of hydrogen-bond donors (Lipinski definition) is 1. The van der Waals surface area contributed by atoms with Crippen LogP contribution in [0.3, 0.4) is 0 Å². The van der Waals surface area contributed by atoms with Gasteiger partial charge in [-0.25, -0.2) is 0 Å². The summed E-state index contributed by atoms with van der Waals surface area (Å²) in [5, 5.41) is 3.27. The molecule has 0 atom stereocenters. The van der Waals surface area contributed by atoms with Gasteiger partial charge < -0.3 is 24.4 Å². The van der Waals surface area contributed by atoms with Gasteiger partial charge in [0.05, 0.1) is 40.6 Å². The molecule has 0 radical (unpaired) electrons. The van der Waals surface area contributed by atoms with Gasteiger partial charge in [-0.3, -0.25) is 24.2 Å². The molecule has 1 aliphatic rings. The van der Waals surface area contributed by atoms with Gasteiger partial charge in [0.1, 0.15) is 0 Å². The molecule has 30 heavy (non-hydrogen) atoms. The van der Waals surface area contributed by atoms with Crippen LogP contribution in [-0.2, 0) is 28.6 Å². The molecule has 10 heteroatoms. The van der Waals surface area contributed by atoms with Crippen molar-refractivity contribution >= 4 is 17.9 Å². The highest BCUT2D eigenvalue weighted by Crippen LogP contribution is 2.03. The molecule has 0 aromatic carbocycles. The van der Waals surface area contributed by atoms with E-state index < -0.39 is 0 Å². The topological polar surface area (TPSA) is 101 Å². The fraction of sp³-hybridized carbons (Fsp3) is 0.850. The van der Waals surface area contributed by atoms with Gasteiger partial charge in [-0.2, -0.15) is 0 Å². The molecule has 1 heterocycles. The third-order valence-corrected chi connectivity index (χ3v) is 5.26. The van der Waals surface area contributed by atoms with Crippen LogP contribution in [0.1, 0.15) is 20.7 Å². The molecule has 0 aromatic rings. The molecule has 1 rings (SSSR count). The minimum absolute atomic E-state index is 0. The van der Waals surface area contributed by atoms with Crippen molar-refractivity contribution in [2.75, 3.05) is 93.3 Å². The van der Waals surface area contributed by atoms with E-state index >= 15 is 0 Å². The Kier molecular flexibility index (Phi) is 14.0. The molecular formula is C20H40N4O6. The van der Waals surface area contributed by atoms with Gasteiger partial charge in [-0.15, -0.1) is 0 Å². The fourth-order valence-corrected chi connectivity index (χ4v) is 3.21. The summed E-state index contributed by atoms with van der Waals surface area (Å²) in [4.78, 5) is 40.9. The summed E-state index contributed by atoms with van der Waals surface area (Å²) in [6.07, 6.45) is 1.02. The number of carbonyl (C=O) groups is 3. The summed E-state index contributed by atoms with van der Waals surface area (Å²) in [7, 11) is 4.17. The van der Waals surface area contributed by atoms with Crippen LogP contribution in [0, 0.1) is 0 Å². The van der Waals surface area contributed by atoms with Crippen LogP contribution in [-0.4, -0.2) is 126 Å². The van der Waals surface area contributed by atoms with Crippen molar-refractivity contribution in [3.05, 3.63) is 0 Å². The van der Waals surface area contributed by atoms with Crippen molar-refractivity contribution in [2.45, 2.75) is 19.3 Å². The summed E-state index contributed by atoms with van der Waals surface area (Å²) in [6, 6.07) is 0. The van der Waals surface area contributed by atoms with Gasteiger partial charge in [0, 0.05) is 73.4 Å². The number of nitrogens with one attached hydrogen (secondary N) is 1. The SMILES string of the molecule is COC(=O)CCNCCN1CCN(CCN(CCC(=O)OC)CCC(=O)OC)CC1.[HH]. The molecule has 0 unspecified atom stereocenters. The van der Waals surface area contributed by atoms with Gasteiger partial charge in [-0.1, -0.05) is 0 Å². The zero-order valence-corrected chi connectivity index (χ0v) is 18.7. The Morgan fingerprint density at radius 2 is 1.20 bits per heavy atom. The van der Waals surface area contributed by atoms with Crippen molar-refractivity contribution in [3.63, 3.8) is 0 Å². The minimum Gasteiger partial charge on any atom is -0.469 e. The van der Waals surface area contributed by atoms with Crippen LogP contribution in [0.15, 0.2) is 0 Å². The Morgan fingerprint density at radius 1 is 0.733 bits per heavy atom. The van der Waals surface area contributed by atoms with Gasteiger partial charge in [0.2, 0.25) is 0 Å². The molecule has 10 nitrogen and oxygen atoms in total. The van der Waals surface area contributed by atoms with E-state index in [1.54, 1.807) is 0 Å². The molecule has 0 bridgehead atoms. The highest BCUT2D eigenvalue weighted by atomic mass is 16.5. The van der Waals surface area contributed by atoms with E-state index in [0.717, 1.165) is 52.4 Å². The predicted octanol–water partition coefficient (Wildman–Crippen LogP) is -0.569. The lowest BCUT2D eigenvalue weighted by molar-refractivity contribution is -0.142. The van der Waals surface area contributed by atoms with E-state index in [4.69, 9.17) is 9.47 Å². The van der Waals surface area contributed by atoms with E-state index in [1.165, 1.54) is 21.3 Å². The van der Waals surface area contributed by atoms with Crippen molar-refractivity contribution in [3.8, 4) is 0 Å². The number of ether oxygens (including phenoxy) is 3. The maximum absolute atomic E-state index is 11.4. The van der Waals surface area contributed by atoms with Crippen molar-refractivity contribution in [1.82, 2.24) is 20.0 Å². The van der Waals surface area contributed by atoms with Crippen molar-refractivity contribution in [2.24, 2.45) is 0 Å². The third kappa shape index (κ3) is 12.1. The predicted molar refractivity (Wildman–Crippen MR) is 114 cm³/mol. The van der Waals surface area contributed by atoms with E-state index in [0.29, 0.717) is 38.9 Å². The first-order chi connectivity index (χ1) is 14.5. The molecule has 1 saturated heterocycles. The summed E-state index contributed by atoms with van der Waals surface area (Å²) in [5.41, 5.74) is 0. The van der Waals surface area contributed by atoms with Crippen LogP contribution < -0.4 is 5.32 Å². The van der Waals surface area contributed by atoms with E-state index in [-0.39, 0.29) is 19.3 Å². The number of rotatable bonds is 15. The number of carbonyl (C=O) groups excluding carboxylic acids is 3. The molecule has 0 aromatic heterocycles. The van der Waals surface area contributed by atoms with Crippen LogP contribution in [0.2, 0.25) is 0 Å². The number of methoxy groups -OCH3 is 3. The first kappa shape index (κ1) is 26.3. The Labute approximate surface area is 181 Å². The number of piperazine rings is 1. The van der Waals surface area contributed by atoms with E-state index in [2.05, 4.69) is 24.8 Å². The average molecular weight is 433 g/mol. The number of nitrogens with zero attached hydrogens (tertiary/aromatic N) is 3. The van der Waals surface area contributed by atoms with Gasteiger partial charge in [-0.05, 0) is 0 Å². The third-order valence-electron chi connectivity index (χ3n) is 5.26. The van der Waals surface area contributed by atoms with Gasteiger partial charge in [0.15, 0.2) is 0 Å². The number of hydrogen-bond acceptors (Lipinski definition) is 10. The Balaban J connectivity index is 0.00000900. The summed E-state index contributed by atoms with van der Waals surface area (Å²) < 4.78 is 14.1. The molecule has 1 N–H and O–H groups in total. The normalized spacial score (nSPS) is 15.2. The second-order valence-electron chi connectivity index (χ2n) is 7.25. The molecular weight excluding hydrogens is 392 g/mol. The second kappa shape index (κ2) is 16.0. The van der Waals surface area contributed by atoms with Crippen LogP contribution in [0.25, 0.3) is 0 Å². The molecule has 1 fully saturated rings. The Bertz CT molecular complexity index is 498.